The van der Waals surface area contributed by atoms with E-state index in [4.69, 9.17) is 5.73 Å². The van der Waals surface area contributed by atoms with Crippen LogP contribution in [0.5, 0.6) is 0 Å². The molecule has 2 N–H and O–H groups in total. The molecule has 0 saturated heterocycles. The van der Waals surface area contributed by atoms with E-state index in [0.717, 1.165) is 23.3 Å². The van der Waals surface area contributed by atoms with Crippen molar-refractivity contribution in [1.82, 2.24) is 0 Å². The first-order valence-electron chi connectivity index (χ1n) is 5.73. The van der Waals surface area contributed by atoms with Crippen LogP contribution < -0.4 is 5.73 Å². The second-order valence-electron chi connectivity index (χ2n) is 4.70. The highest BCUT2D eigenvalue weighted by Gasteiger charge is 2.24. The van der Waals surface area contributed by atoms with Crippen molar-refractivity contribution >= 4 is 0 Å². The lowest BCUT2D eigenvalue weighted by Crippen LogP contribution is -2.34. The van der Waals surface area contributed by atoms with Gasteiger partial charge < -0.3 is 5.73 Å². The summed E-state index contributed by atoms with van der Waals surface area (Å²) in [6.45, 7) is 3.76. The fraction of sp³-hybridized carbons (Fsp3) is 0.200. The van der Waals surface area contributed by atoms with Crippen LogP contribution in [0.25, 0.3) is 0 Å². The third-order valence-corrected chi connectivity index (χ3v) is 3.17. The van der Waals surface area contributed by atoms with Crippen LogP contribution in [-0.2, 0) is 5.54 Å². The lowest BCUT2D eigenvalue weighted by atomic mass is 9.85. The highest BCUT2D eigenvalue weighted by atomic mass is 19.2. The van der Waals surface area contributed by atoms with E-state index in [-0.39, 0.29) is 0 Å². The molecule has 3 heteroatoms. The van der Waals surface area contributed by atoms with E-state index in [1.807, 2.05) is 31.2 Å². The van der Waals surface area contributed by atoms with Gasteiger partial charge in [0.05, 0.1) is 5.54 Å². The molecule has 0 spiro atoms. The van der Waals surface area contributed by atoms with Crippen LogP contribution >= 0.6 is 0 Å². The molecule has 2 rings (SSSR count). The third-order valence-electron chi connectivity index (χ3n) is 3.17. The molecule has 0 amide bonds. The maximum absolute atomic E-state index is 13.3. The van der Waals surface area contributed by atoms with E-state index >= 15 is 0 Å². The van der Waals surface area contributed by atoms with Gasteiger partial charge in [0.2, 0.25) is 0 Å². The quantitative estimate of drug-likeness (QED) is 0.863. The number of nitrogens with two attached hydrogens (primary N) is 1. The lowest BCUT2D eigenvalue weighted by molar-refractivity contribution is 0.500. The molecular formula is C15H15F2N. The molecule has 0 saturated carbocycles. The molecule has 0 aliphatic carbocycles. The zero-order valence-electron chi connectivity index (χ0n) is 10.4. The molecule has 0 fully saturated rings. The molecular weight excluding hydrogens is 232 g/mol. The van der Waals surface area contributed by atoms with E-state index in [0.29, 0.717) is 5.56 Å². The summed E-state index contributed by atoms with van der Waals surface area (Å²) in [4.78, 5) is 0. The largest absolute Gasteiger partial charge is 0.318 e. The van der Waals surface area contributed by atoms with Crippen molar-refractivity contribution in [3.05, 3.63) is 70.8 Å². The maximum Gasteiger partial charge on any atom is 0.159 e. The Hall–Kier alpha value is -1.74. The molecule has 1 atom stereocenters. The van der Waals surface area contributed by atoms with Crippen molar-refractivity contribution in [1.29, 1.82) is 0 Å². The van der Waals surface area contributed by atoms with E-state index in [1.54, 1.807) is 6.92 Å². The van der Waals surface area contributed by atoms with Gasteiger partial charge in [-0.05, 0) is 37.1 Å². The van der Waals surface area contributed by atoms with Gasteiger partial charge in [0.25, 0.3) is 0 Å². The Morgan fingerprint density at radius 2 is 1.44 bits per heavy atom. The topological polar surface area (TPSA) is 26.0 Å². The highest BCUT2D eigenvalue weighted by Crippen LogP contribution is 2.27. The SMILES string of the molecule is Cc1ccc(C(C)(N)c2ccc(F)c(F)c2)cc1. The minimum absolute atomic E-state index is 0.547. The van der Waals surface area contributed by atoms with Crippen LogP contribution in [0.4, 0.5) is 8.78 Å². The van der Waals surface area contributed by atoms with Crippen LogP contribution in [0.1, 0.15) is 23.6 Å². The molecule has 0 heterocycles. The smallest absolute Gasteiger partial charge is 0.159 e. The van der Waals surface area contributed by atoms with Gasteiger partial charge in [-0.15, -0.1) is 0 Å². The summed E-state index contributed by atoms with van der Waals surface area (Å²) in [6, 6.07) is 11.4. The molecule has 2 aromatic rings. The summed E-state index contributed by atoms with van der Waals surface area (Å²) in [7, 11) is 0. The van der Waals surface area contributed by atoms with Crippen LogP contribution in [0, 0.1) is 18.6 Å². The lowest BCUT2D eigenvalue weighted by Gasteiger charge is -2.26. The molecule has 0 bridgehead atoms. The van der Waals surface area contributed by atoms with Crippen LogP contribution in [0.15, 0.2) is 42.5 Å². The second-order valence-corrected chi connectivity index (χ2v) is 4.70. The summed E-state index contributed by atoms with van der Waals surface area (Å²) in [6.07, 6.45) is 0. The van der Waals surface area contributed by atoms with E-state index in [1.165, 1.54) is 6.07 Å². The summed E-state index contributed by atoms with van der Waals surface area (Å²) in [5, 5.41) is 0. The third kappa shape index (κ3) is 2.27. The second kappa shape index (κ2) is 4.50. The number of hydrogen-bond donors (Lipinski definition) is 1. The van der Waals surface area contributed by atoms with Crippen molar-refractivity contribution in [3.8, 4) is 0 Å². The Bertz CT molecular complexity index is 559. The average molecular weight is 247 g/mol. The molecule has 0 aliphatic heterocycles. The fourth-order valence-electron chi connectivity index (χ4n) is 1.89. The first-order chi connectivity index (χ1) is 8.41. The first kappa shape index (κ1) is 12.7. The fourth-order valence-corrected chi connectivity index (χ4v) is 1.89. The summed E-state index contributed by atoms with van der Waals surface area (Å²) in [5.74, 6) is -1.74. The Morgan fingerprint density at radius 3 is 2.00 bits per heavy atom. The molecule has 2 aromatic carbocycles. The molecule has 0 aliphatic rings. The van der Waals surface area contributed by atoms with Gasteiger partial charge in [0.15, 0.2) is 11.6 Å². The first-order valence-corrected chi connectivity index (χ1v) is 5.73. The summed E-state index contributed by atoms with van der Waals surface area (Å²) < 4.78 is 26.2. The molecule has 94 valence electrons. The molecule has 0 radical (unpaired) electrons. The van der Waals surface area contributed by atoms with E-state index < -0.39 is 17.2 Å². The minimum Gasteiger partial charge on any atom is -0.318 e. The number of rotatable bonds is 2. The normalized spacial score (nSPS) is 14.3. The van der Waals surface area contributed by atoms with Gasteiger partial charge in [-0.2, -0.15) is 0 Å². The van der Waals surface area contributed by atoms with Crippen molar-refractivity contribution in [2.24, 2.45) is 5.73 Å². The number of benzene rings is 2. The van der Waals surface area contributed by atoms with Gasteiger partial charge in [0, 0.05) is 0 Å². The van der Waals surface area contributed by atoms with E-state index in [9.17, 15) is 8.78 Å². The minimum atomic E-state index is -0.878. The highest BCUT2D eigenvalue weighted by molar-refractivity contribution is 5.38. The molecule has 1 unspecified atom stereocenters. The Morgan fingerprint density at radius 1 is 0.889 bits per heavy atom. The van der Waals surface area contributed by atoms with Gasteiger partial charge in [-0.3, -0.25) is 0 Å². The van der Waals surface area contributed by atoms with Crippen LogP contribution in [0.3, 0.4) is 0 Å². The van der Waals surface area contributed by atoms with Crippen LogP contribution in [-0.4, -0.2) is 0 Å². The Balaban J connectivity index is 2.46. The monoisotopic (exact) mass is 247 g/mol. The summed E-state index contributed by atoms with van der Waals surface area (Å²) in [5.41, 5.74) is 7.93. The van der Waals surface area contributed by atoms with Crippen molar-refractivity contribution < 1.29 is 8.78 Å². The number of halogens is 2. The van der Waals surface area contributed by atoms with Gasteiger partial charge in [0.1, 0.15) is 0 Å². The standard InChI is InChI=1S/C15H15F2N/c1-10-3-5-11(6-4-10)15(2,18)12-7-8-13(16)14(17)9-12/h3-9H,18H2,1-2H3. The number of hydrogen-bond acceptors (Lipinski definition) is 1. The van der Waals surface area contributed by atoms with Crippen molar-refractivity contribution in [2.75, 3.05) is 0 Å². The van der Waals surface area contributed by atoms with E-state index in [2.05, 4.69) is 0 Å². The Kier molecular flexibility index (Phi) is 3.18. The summed E-state index contributed by atoms with van der Waals surface area (Å²) >= 11 is 0. The predicted molar refractivity (Wildman–Crippen MR) is 68.2 cm³/mol. The zero-order chi connectivity index (χ0) is 13.3. The molecule has 1 nitrogen and oxygen atoms in total. The van der Waals surface area contributed by atoms with Crippen molar-refractivity contribution in [2.45, 2.75) is 19.4 Å². The van der Waals surface area contributed by atoms with Gasteiger partial charge in [-0.25, -0.2) is 8.78 Å². The van der Waals surface area contributed by atoms with Crippen molar-refractivity contribution in [3.63, 3.8) is 0 Å². The Labute approximate surface area is 105 Å². The van der Waals surface area contributed by atoms with Gasteiger partial charge >= 0.3 is 0 Å². The molecule has 18 heavy (non-hydrogen) atoms. The number of aryl methyl sites for hydroxylation is 1. The zero-order valence-corrected chi connectivity index (χ0v) is 10.4. The average Bonchev–Trinajstić information content (AvgIpc) is 2.33. The maximum atomic E-state index is 13.3. The van der Waals surface area contributed by atoms with Gasteiger partial charge in [-0.1, -0.05) is 35.9 Å². The predicted octanol–water partition coefficient (Wildman–Crippen LogP) is 3.50. The van der Waals surface area contributed by atoms with Crippen LogP contribution in [0.2, 0.25) is 0 Å². The molecule has 0 aromatic heterocycles.